The molecule has 0 spiro atoms. The maximum absolute atomic E-state index is 13.0. The fourth-order valence-electron chi connectivity index (χ4n) is 2.36. The van der Waals surface area contributed by atoms with Gasteiger partial charge in [0.25, 0.3) is 5.91 Å². The van der Waals surface area contributed by atoms with Crippen molar-refractivity contribution in [2.45, 2.75) is 33.1 Å². The number of aromatic nitrogens is 3. The van der Waals surface area contributed by atoms with Crippen molar-refractivity contribution in [3.63, 3.8) is 0 Å². The van der Waals surface area contributed by atoms with E-state index in [1.165, 1.54) is 24.3 Å². The van der Waals surface area contributed by atoms with Crippen LogP contribution in [0.4, 0.5) is 10.1 Å². The number of rotatable bonds is 2. The van der Waals surface area contributed by atoms with E-state index in [9.17, 15) is 9.18 Å². The minimum absolute atomic E-state index is 0.147. The highest BCUT2D eigenvalue weighted by atomic mass is 19.1. The van der Waals surface area contributed by atoms with Gasteiger partial charge < -0.3 is 5.32 Å². The third-order valence-corrected chi connectivity index (χ3v) is 3.66. The summed E-state index contributed by atoms with van der Waals surface area (Å²) >= 11 is 0. The Labute approximate surface area is 139 Å². The highest BCUT2D eigenvalue weighted by Gasteiger charge is 2.21. The van der Waals surface area contributed by atoms with E-state index < -0.39 is 0 Å². The third-order valence-electron chi connectivity index (χ3n) is 3.66. The monoisotopic (exact) mass is 326 g/mol. The number of hydrogen-bond acceptors (Lipinski definition) is 3. The Balaban J connectivity index is 2.02. The van der Waals surface area contributed by atoms with E-state index in [2.05, 4.69) is 36.2 Å². The van der Waals surface area contributed by atoms with Gasteiger partial charge in [-0.05, 0) is 37.3 Å². The first-order valence-corrected chi connectivity index (χ1v) is 7.69. The molecule has 0 saturated carbocycles. The van der Waals surface area contributed by atoms with Gasteiger partial charge in [0.05, 0.1) is 5.69 Å². The van der Waals surface area contributed by atoms with Crippen molar-refractivity contribution in [2.24, 2.45) is 0 Å². The van der Waals surface area contributed by atoms with Gasteiger partial charge in [-0.15, -0.1) is 0 Å². The van der Waals surface area contributed by atoms with E-state index >= 15 is 0 Å². The van der Waals surface area contributed by atoms with E-state index in [-0.39, 0.29) is 17.1 Å². The van der Waals surface area contributed by atoms with Crippen LogP contribution in [0.3, 0.4) is 0 Å². The molecule has 2 heterocycles. The number of anilines is 1. The van der Waals surface area contributed by atoms with Crippen LogP contribution in [0, 0.1) is 12.7 Å². The van der Waals surface area contributed by atoms with Crippen molar-refractivity contribution in [2.75, 3.05) is 5.32 Å². The fraction of sp³-hybridized carbons (Fsp3) is 0.278. The van der Waals surface area contributed by atoms with Crippen LogP contribution < -0.4 is 5.32 Å². The molecule has 0 bridgehead atoms. The number of nitrogens with zero attached hydrogens (tertiary/aromatic N) is 3. The lowest BCUT2D eigenvalue weighted by atomic mass is 9.93. The molecule has 0 unspecified atom stereocenters. The largest absolute Gasteiger partial charge is 0.321 e. The van der Waals surface area contributed by atoms with Gasteiger partial charge in [0.15, 0.2) is 5.65 Å². The normalized spacial score (nSPS) is 11.7. The van der Waals surface area contributed by atoms with Crippen LogP contribution in [-0.4, -0.2) is 20.5 Å². The molecule has 6 heteroatoms. The first-order valence-electron chi connectivity index (χ1n) is 7.69. The average Bonchev–Trinajstić information content (AvgIpc) is 2.92. The summed E-state index contributed by atoms with van der Waals surface area (Å²) in [6.07, 6.45) is 0. The predicted molar refractivity (Wildman–Crippen MR) is 90.8 cm³/mol. The molecule has 24 heavy (non-hydrogen) atoms. The van der Waals surface area contributed by atoms with Crippen LogP contribution in [0.5, 0.6) is 0 Å². The molecule has 0 aliphatic heterocycles. The SMILES string of the molecule is Cc1cc(C(=O)Nc2ccc(F)cc2)n2nc(C(C)(C)C)cc2n1. The zero-order valence-corrected chi connectivity index (χ0v) is 14.1. The second kappa shape index (κ2) is 5.70. The Morgan fingerprint density at radius 3 is 2.46 bits per heavy atom. The van der Waals surface area contributed by atoms with Gasteiger partial charge in [-0.25, -0.2) is 13.9 Å². The molecular weight excluding hydrogens is 307 g/mol. The lowest BCUT2D eigenvalue weighted by Crippen LogP contribution is -2.18. The topological polar surface area (TPSA) is 59.3 Å². The van der Waals surface area contributed by atoms with E-state index in [4.69, 9.17) is 0 Å². The second-order valence-corrected chi connectivity index (χ2v) is 6.79. The van der Waals surface area contributed by atoms with Crippen LogP contribution in [0.15, 0.2) is 36.4 Å². The number of aryl methyl sites for hydroxylation is 1. The summed E-state index contributed by atoms with van der Waals surface area (Å²) in [7, 11) is 0. The number of carbonyl (C=O) groups excluding carboxylic acids is 1. The Morgan fingerprint density at radius 1 is 1.17 bits per heavy atom. The number of carbonyl (C=O) groups is 1. The molecule has 124 valence electrons. The number of fused-ring (bicyclic) bond motifs is 1. The number of nitrogens with one attached hydrogen (secondary N) is 1. The van der Waals surface area contributed by atoms with Crippen LogP contribution in [0.1, 0.15) is 42.6 Å². The highest BCUT2D eigenvalue weighted by molar-refractivity contribution is 6.03. The molecule has 1 aromatic carbocycles. The summed E-state index contributed by atoms with van der Waals surface area (Å²) in [5, 5.41) is 7.29. The maximum Gasteiger partial charge on any atom is 0.274 e. The molecule has 0 fully saturated rings. The predicted octanol–water partition coefficient (Wildman–Crippen LogP) is 3.73. The van der Waals surface area contributed by atoms with Crippen LogP contribution in [-0.2, 0) is 5.41 Å². The molecule has 3 aromatic rings. The molecule has 1 amide bonds. The van der Waals surface area contributed by atoms with Crippen molar-refractivity contribution in [3.05, 3.63) is 59.3 Å². The lowest BCUT2D eigenvalue weighted by Gasteiger charge is -2.13. The van der Waals surface area contributed by atoms with Crippen molar-refractivity contribution < 1.29 is 9.18 Å². The second-order valence-electron chi connectivity index (χ2n) is 6.79. The van der Waals surface area contributed by atoms with E-state index in [0.29, 0.717) is 17.0 Å². The van der Waals surface area contributed by atoms with Crippen LogP contribution in [0.2, 0.25) is 0 Å². The number of benzene rings is 1. The zero-order chi connectivity index (χ0) is 17.5. The van der Waals surface area contributed by atoms with Gasteiger partial charge in [-0.2, -0.15) is 5.10 Å². The van der Waals surface area contributed by atoms with E-state index in [0.717, 1.165) is 11.4 Å². The van der Waals surface area contributed by atoms with Gasteiger partial charge in [-0.1, -0.05) is 20.8 Å². The Kier molecular flexibility index (Phi) is 3.83. The number of halogens is 1. The molecular formula is C18H19FN4O. The Bertz CT molecular complexity index is 907. The van der Waals surface area contributed by atoms with Crippen molar-refractivity contribution in [1.29, 1.82) is 0 Å². The maximum atomic E-state index is 13.0. The van der Waals surface area contributed by atoms with E-state index in [1.807, 2.05) is 13.0 Å². The van der Waals surface area contributed by atoms with Gasteiger partial charge in [0, 0.05) is 22.9 Å². The summed E-state index contributed by atoms with van der Waals surface area (Å²) in [4.78, 5) is 17.1. The Hall–Kier alpha value is -2.76. The van der Waals surface area contributed by atoms with Gasteiger partial charge >= 0.3 is 0 Å². The number of hydrogen-bond donors (Lipinski definition) is 1. The van der Waals surface area contributed by atoms with Gasteiger partial charge in [0.2, 0.25) is 0 Å². The van der Waals surface area contributed by atoms with Crippen molar-refractivity contribution >= 4 is 17.2 Å². The minimum atomic E-state index is -0.350. The first kappa shape index (κ1) is 16.1. The molecule has 5 nitrogen and oxygen atoms in total. The van der Waals surface area contributed by atoms with Crippen molar-refractivity contribution in [1.82, 2.24) is 14.6 Å². The molecule has 0 aliphatic carbocycles. The molecule has 1 N–H and O–H groups in total. The van der Waals surface area contributed by atoms with Crippen molar-refractivity contribution in [3.8, 4) is 0 Å². The highest BCUT2D eigenvalue weighted by Crippen LogP contribution is 2.22. The number of amides is 1. The van der Waals surface area contributed by atoms with Crippen LogP contribution >= 0.6 is 0 Å². The zero-order valence-electron chi connectivity index (χ0n) is 14.1. The van der Waals surface area contributed by atoms with E-state index in [1.54, 1.807) is 10.6 Å². The molecule has 0 radical (unpaired) electrons. The lowest BCUT2D eigenvalue weighted by molar-refractivity contribution is 0.101. The molecule has 2 aromatic heterocycles. The average molecular weight is 326 g/mol. The molecule has 0 saturated heterocycles. The third kappa shape index (κ3) is 3.13. The summed E-state index contributed by atoms with van der Waals surface area (Å²) in [5.41, 5.74) is 2.98. The summed E-state index contributed by atoms with van der Waals surface area (Å²) in [6.45, 7) is 8.00. The quantitative estimate of drug-likeness (QED) is 0.780. The fourth-order valence-corrected chi connectivity index (χ4v) is 2.36. The smallest absolute Gasteiger partial charge is 0.274 e. The van der Waals surface area contributed by atoms with Crippen LogP contribution in [0.25, 0.3) is 5.65 Å². The summed E-state index contributed by atoms with van der Waals surface area (Å²) in [5.74, 6) is -0.669. The molecule has 0 aliphatic rings. The summed E-state index contributed by atoms with van der Waals surface area (Å²) in [6, 6.07) is 9.21. The summed E-state index contributed by atoms with van der Waals surface area (Å²) < 4.78 is 14.5. The van der Waals surface area contributed by atoms with Gasteiger partial charge in [-0.3, -0.25) is 4.79 Å². The minimum Gasteiger partial charge on any atom is -0.321 e. The standard InChI is InChI=1S/C18H19FN4O/c1-11-9-14(17(24)21-13-7-5-12(19)6-8-13)23-16(20-11)10-15(22-23)18(2,3)4/h5-10H,1-4H3,(H,21,24). The van der Waals surface area contributed by atoms with Gasteiger partial charge in [0.1, 0.15) is 11.5 Å². The molecule has 0 atom stereocenters. The first-order chi connectivity index (χ1) is 11.2. The molecule has 3 rings (SSSR count). The Morgan fingerprint density at radius 2 is 1.83 bits per heavy atom.